The average molecular weight is 281 g/mol. The zero-order chi connectivity index (χ0) is 12.6. The number of carbonyl (C=O) groups is 1. The highest BCUT2D eigenvalue weighted by Gasteiger charge is 2.14. The molecule has 0 unspecified atom stereocenters. The Balaban J connectivity index is 0.00000180. The molecular formula is C15H21ClN2O. The number of allylic oxidation sites excluding steroid dienone is 1. The van der Waals surface area contributed by atoms with Crippen molar-refractivity contribution in [1.82, 2.24) is 10.2 Å². The molecule has 3 nitrogen and oxygen atoms in total. The number of nitrogens with zero attached hydrogens (tertiary/aromatic N) is 1. The third-order valence-electron chi connectivity index (χ3n) is 3.10. The SMILES string of the molecule is Cl.O=C(CC/C=C/c1ccccc1)N1CCNCC1. The van der Waals surface area contributed by atoms with Gasteiger partial charge in [0, 0.05) is 32.6 Å². The molecule has 19 heavy (non-hydrogen) atoms. The molecule has 1 amide bonds. The van der Waals surface area contributed by atoms with E-state index in [1.165, 1.54) is 5.56 Å². The number of piperazine rings is 1. The maximum absolute atomic E-state index is 11.9. The summed E-state index contributed by atoms with van der Waals surface area (Å²) in [5.41, 5.74) is 1.19. The van der Waals surface area contributed by atoms with Crippen LogP contribution in [0.5, 0.6) is 0 Å². The molecule has 1 aromatic carbocycles. The first kappa shape index (κ1) is 15.7. The summed E-state index contributed by atoms with van der Waals surface area (Å²) in [6.45, 7) is 3.54. The molecule has 0 radical (unpaired) electrons. The van der Waals surface area contributed by atoms with Crippen molar-refractivity contribution in [3.05, 3.63) is 42.0 Å². The van der Waals surface area contributed by atoms with E-state index in [0.29, 0.717) is 6.42 Å². The minimum absolute atomic E-state index is 0. The van der Waals surface area contributed by atoms with E-state index in [0.717, 1.165) is 32.6 Å². The normalized spacial score (nSPS) is 15.3. The first-order valence-electron chi connectivity index (χ1n) is 6.56. The number of hydrogen-bond acceptors (Lipinski definition) is 2. The highest BCUT2D eigenvalue weighted by molar-refractivity contribution is 5.85. The van der Waals surface area contributed by atoms with Gasteiger partial charge in [-0.05, 0) is 12.0 Å². The molecule has 104 valence electrons. The van der Waals surface area contributed by atoms with E-state index in [2.05, 4.69) is 29.6 Å². The Morgan fingerprint density at radius 2 is 1.89 bits per heavy atom. The van der Waals surface area contributed by atoms with Crippen molar-refractivity contribution < 1.29 is 4.79 Å². The van der Waals surface area contributed by atoms with Crippen LogP contribution in [0.3, 0.4) is 0 Å². The molecule has 0 atom stereocenters. The summed E-state index contributed by atoms with van der Waals surface area (Å²) in [5, 5.41) is 3.25. The van der Waals surface area contributed by atoms with Gasteiger partial charge in [0.2, 0.25) is 5.91 Å². The van der Waals surface area contributed by atoms with Gasteiger partial charge in [-0.3, -0.25) is 4.79 Å². The van der Waals surface area contributed by atoms with E-state index < -0.39 is 0 Å². The lowest BCUT2D eigenvalue weighted by atomic mass is 10.2. The van der Waals surface area contributed by atoms with Gasteiger partial charge in [0.05, 0.1) is 0 Å². The lowest BCUT2D eigenvalue weighted by molar-refractivity contribution is -0.131. The Kier molecular flexibility index (Phi) is 7.23. The monoisotopic (exact) mass is 280 g/mol. The molecule has 1 aliphatic rings. The van der Waals surface area contributed by atoms with Crippen LogP contribution in [0.1, 0.15) is 18.4 Å². The molecule has 1 saturated heterocycles. The average Bonchev–Trinajstić information content (AvgIpc) is 2.45. The third-order valence-corrected chi connectivity index (χ3v) is 3.10. The molecule has 1 aliphatic heterocycles. The van der Waals surface area contributed by atoms with Gasteiger partial charge in [0.1, 0.15) is 0 Å². The second-order valence-electron chi connectivity index (χ2n) is 4.48. The predicted octanol–water partition coefficient (Wildman–Crippen LogP) is 2.33. The summed E-state index contributed by atoms with van der Waals surface area (Å²) in [7, 11) is 0. The van der Waals surface area contributed by atoms with E-state index in [1.54, 1.807) is 0 Å². The predicted molar refractivity (Wildman–Crippen MR) is 81.4 cm³/mol. The summed E-state index contributed by atoms with van der Waals surface area (Å²) in [6.07, 6.45) is 5.58. The third kappa shape index (κ3) is 5.45. The second kappa shape index (κ2) is 8.73. The first-order valence-corrected chi connectivity index (χ1v) is 6.56. The largest absolute Gasteiger partial charge is 0.340 e. The van der Waals surface area contributed by atoms with Crippen molar-refractivity contribution in [1.29, 1.82) is 0 Å². The van der Waals surface area contributed by atoms with Gasteiger partial charge in [-0.15, -0.1) is 12.4 Å². The summed E-state index contributed by atoms with van der Waals surface area (Å²) < 4.78 is 0. The van der Waals surface area contributed by atoms with Crippen LogP contribution >= 0.6 is 12.4 Å². The molecule has 0 aliphatic carbocycles. The van der Waals surface area contributed by atoms with Crippen LogP contribution in [0.2, 0.25) is 0 Å². The zero-order valence-electron chi connectivity index (χ0n) is 11.0. The van der Waals surface area contributed by atoms with Crippen LogP contribution in [0, 0.1) is 0 Å². The first-order chi connectivity index (χ1) is 8.86. The molecule has 1 fully saturated rings. The van der Waals surface area contributed by atoms with Crippen molar-refractivity contribution >= 4 is 24.4 Å². The number of amides is 1. The van der Waals surface area contributed by atoms with Crippen LogP contribution < -0.4 is 5.32 Å². The summed E-state index contributed by atoms with van der Waals surface area (Å²) in [4.78, 5) is 13.8. The lowest BCUT2D eigenvalue weighted by Crippen LogP contribution is -2.46. The van der Waals surface area contributed by atoms with Crippen LogP contribution in [0.25, 0.3) is 6.08 Å². The molecule has 1 N–H and O–H groups in total. The molecule has 0 spiro atoms. The Bertz CT molecular complexity index is 400. The van der Waals surface area contributed by atoms with Crippen molar-refractivity contribution in [3.8, 4) is 0 Å². The van der Waals surface area contributed by atoms with Crippen molar-refractivity contribution in [2.45, 2.75) is 12.8 Å². The van der Waals surface area contributed by atoms with Gasteiger partial charge >= 0.3 is 0 Å². The molecule has 1 aromatic rings. The topological polar surface area (TPSA) is 32.3 Å². The minimum Gasteiger partial charge on any atom is -0.340 e. The quantitative estimate of drug-likeness (QED) is 0.918. The molecule has 2 rings (SSSR count). The number of nitrogens with one attached hydrogen (secondary N) is 1. The van der Waals surface area contributed by atoms with Crippen molar-refractivity contribution in [2.24, 2.45) is 0 Å². The molecule has 0 bridgehead atoms. The molecule has 4 heteroatoms. The fourth-order valence-electron chi connectivity index (χ4n) is 2.06. The fourth-order valence-corrected chi connectivity index (χ4v) is 2.06. The van der Waals surface area contributed by atoms with Gasteiger partial charge in [-0.1, -0.05) is 42.5 Å². The highest BCUT2D eigenvalue weighted by Crippen LogP contribution is 2.05. The van der Waals surface area contributed by atoms with Gasteiger partial charge in [-0.25, -0.2) is 0 Å². The second-order valence-corrected chi connectivity index (χ2v) is 4.48. The van der Waals surface area contributed by atoms with Gasteiger partial charge in [0.15, 0.2) is 0 Å². The number of hydrogen-bond donors (Lipinski definition) is 1. The summed E-state index contributed by atoms with van der Waals surface area (Å²) >= 11 is 0. The number of rotatable bonds is 4. The van der Waals surface area contributed by atoms with Crippen molar-refractivity contribution in [3.63, 3.8) is 0 Å². The van der Waals surface area contributed by atoms with E-state index >= 15 is 0 Å². The Labute approximate surface area is 121 Å². The van der Waals surface area contributed by atoms with E-state index in [1.807, 2.05) is 23.1 Å². The summed E-state index contributed by atoms with van der Waals surface area (Å²) in [6, 6.07) is 10.2. The van der Waals surface area contributed by atoms with Crippen LogP contribution in [0.15, 0.2) is 36.4 Å². The molecule has 0 aromatic heterocycles. The van der Waals surface area contributed by atoms with Crippen LogP contribution in [0.4, 0.5) is 0 Å². The maximum Gasteiger partial charge on any atom is 0.222 e. The minimum atomic E-state index is 0. The van der Waals surface area contributed by atoms with Gasteiger partial charge < -0.3 is 10.2 Å². The maximum atomic E-state index is 11.9. The number of carbonyl (C=O) groups excluding carboxylic acids is 1. The van der Waals surface area contributed by atoms with Crippen LogP contribution in [-0.4, -0.2) is 37.0 Å². The fraction of sp³-hybridized carbons (Fsp3) is 0.400. The molecule has 0 saturated carbocycles. The van der Waals surface area contributed by atoms with Gasteiger partial charge in [-0.2, -0.15) is 0 Å². The lowest BCUT2D eigenvalue weighted by Gasteiger charge is -2.27. The molecular weight excluding hydrogens is 260 g/mol. The van der Waals surface area contributed by atoms with E-state index in [9.17, 15) is 4.79 Å². The Hall–Kier alpha value is -1.32. The Morgan fingerprint density at radius 3 is 2.58 bits per heavy atom. The van der Waals surface area contributed by atoms with E-state index in [4.69, 9.17) is 0 Å². The molecule has 1 heterocycles. The van der Waals surface area contributed by atoms with E-state index in [-0.39, 0.29) is 18.3 Å². The van der Waals surface area contributed by atoms with Crippen LogP contribution in [-0.2, 0) is 4.79 Å². The Morgan fingerprint density at radius 1 is 1.21 bits per heavy atom. The smallest absolute Gasteiger partial charge is 0.222 e. The van der Waals surface area contributed by atoms with Crippen molar-refractivity contribution in [2.75, 3.05) is 26.2 Å². The summed E-state index contributed by atoms with van der Waals surface area (Å²) in [5.74, 6) is 0.272. The standard InChI is InChI=1S/C15H20N2O.ClH/c18-15(17-12-10-16-11-13-17)9-5-4-8-14-6-2-1-3-7-14;/h1-4,6-8,16H,5,9-13H2;1H/b8-4+;. The number of halogens is 1. The highest BCUT2D eigenvalue weighted by atomic mass is 35.5. The zero-order valence-corrected chi connectivity index (χ0v) is 11.9. The number of benzene rings is 1. The van der Waals surface area contributed by atoms with Gasteiger partial charge in [0.25, 0.3) is 0 Å².